The minimum atomic E-state index is 0.0956. The Hall–Kier alpha value is -1.77. The number of nitrogens with one attached hydrogen (secondary N) is 1. The van der Waals surface area contributed by atoms with E-state index in [9.17, 15) is 4.79 Å². The molecule has 1 aliphatic heterocycles. The van der Waals surface area contributed by atoms with Gasteiger partial charge in [-0.3, -0.25) is 4.79 Å². The first-order valence-corrected chi connectivity index (χ1v) is 9.01. The molecule has 4 fully saturated rings. The van der Waals surface area contributed by atoms with Crippen LogP contribution in [-0.4, -0.2) is 18.6 Å². The third-order valence-electron chi connectivity index (χ3n) is 6.47. The molecular formula is C20H23NO2. The van der Waals surface area contributed by atoms with E-state index in [0.29, 0.717) is 24.5 Å². The highest BCUT2D eigenvalue weighted by atomic mass is 16.5. The second-order valence-electron chi connectivity index (χ2n) is 7.85. The normalized spacial score (nSPS) is 36.9. The highest BCUT2D eigenvalue weighted by molar-refractivity contribution is 6.20. The number of amides is 1. The van der Waals surface area contributed by atoms with Crippen molar-refractivity contribution in [2.45, 2.75) is 38.1 Å². The van der Waals surface area contributed by atoms with Crippen molar-refractivity contribution in [3.05, 3.63) is 35.9 Å². The minimum Gasteiger partial charge on any atom is -0.489 e. The van der Waals surface area contributed by atoms with Crippen molar-refractivity contribution >= 4 is 11.5 Å². The fourth-order valence-electron chi connectivity index (χ4n) is 5.74. The fourth-order valence-corrected chi connectivity index (χ4v) is 5.74. The van der Waals surface area contributed by atoms with E-state index in [4.69, 9.17) is 4.74 Å². The van der Waals surface area contributed by atoms with Gasteiger partial charge in [-0.1, -0.05) is 18.2 Å². The Kier molecular flexibility index (Phi) is 3.04. The molecule has 0 radical (unpaired) electrons. The van der Waals surface area contributed by atoms with Crippen LogP contribution < -0.4 is 10.1 Å². The molecule has 1 heterocycles. The second kappa shape index (κ2) is 5.12. The summed E-state index contributed by atoms with van der Waals surface area (Å²) >= 11 is 0. The van der Waals surface area contributed by atoms with Crippen molar-refractivity contribution < 1.29 is 9.53 Å². The molecule has 5 aliphatic rings. The van der Waals surface area contributed by atoms with Gasteiger partial charge in [-0.15, -0.1) is 0 Å². The summed E-state index contributed by atoms with van der Waals surface area (Å²) in [7, 11) is 0. The van der Waals surface area contributed by atoms with Crippen LogP contribution in [0.15, 0.2) is 30.3 Å². The van der Waals surface area contributed by atoms with E-state index in [1.54, 1.807) is 0 Å². The molecule has 0 spiro atoms. The summed E-state index contributed by atoms with van der Waals surface area (Å²) in [5, 5.41) is 3.41. The average Bonchev–Trinajstić information content (AvgIpc) is 2.57. The van der Waals surface area contributed by atoms with Gasteiger partial charge in [0, 0.05) is 17.2 Å². The van der Waals surface area contributed by atoms with Gasteiger partial charge in [0.15, 0.2) is 0 Å². The van der Waals surface area contributed by atoms with Gasteiger partial charge in [-0.05, 0) is 67.9 Å². The third kappa shape index (κ3) is 2.20. The van der Waals surface area contributed by atoms with Gasteiger partial charge >= 0.3 is 0 Å². The van der Waals surface area contributed by atoms with E-state index >= 15 is 0 Å². The zero-order valence-corrected chi connectivity index (χ0v) is 13.3. The van der Waals surface area contributed by atoms with E-state index in [-0.39, 0.29) is 5.91 Å². The quantitative estimate of drug-likeness (QED) is 0.909. The van der Waals surface area contributed by atoms with Crippen molar-refractivity contribution in [1.82, 2.24) is 5.32 Å². The first kappa shape index (κ1) is 13.6. The molecule has 1 aromatic rings. The van der Waals surface area contributed by atoms with E-state index in [0.717, 1.165) is 28.7 Å². The Balaban J connectivity index is 1.37. The maximum Gasteiger partial charge on any atom is 0.252 e. The monoisotopic (exact) mass is 309 g/mol. The second-order valence-corrected chi connectivity index (χ2v) is 7.85. The lowest BCUT2D eigenvalue weighted by atomic mass is 9.54. The smallest absolute Gasteiger partial charge is 0.252 e. The molecule has 4 saturated carbocycles. The lowest BCUT2D eigenvalue weighted by Crippen LogP contribution is -2.56. The van der Waals surface area contributed by atoms with Gasteiger partial charge in [0.05, 0.1) is 0 Å². The number of hydrogen-bond donors (Lipinski definition) is 1. The highest BCUT2D eigenvalue weighted by Gasteiger charge is 2.48. The predicted octanol–water partition coefficient (Wildman–Crippen LogP) is 3.40. The Morgan fingerprint density at radius 1 is 1.00 bits per heavy atom. The lowest BCUT2D eigenvalue weighted by molar-refractivity contribution is -0.119. The molecule has 0 saturated heterocycles. The summed E-state index contributed by atoms with van der Waals surface area (Å²) in [5.74, 6) is 4.22. The summed E-state index contributed by atoms with van der Waals surface area (Å²) < 4.78 is 5.63. The maximum atomic E-state index is 12.9. The number of carbonyl (C=O) groups is 1. The van der Waals surface area contributed by atoms with E-state index in [2.05, 4.69) is 5.32 Å². The van der Waals surface area contributed by atoms with Gasteiger partial charge in [0.25, 0.3) is 5.91 Å². The van der Waals surface area contributed by atoms with Crippen molar-refractivity contribution in [2.24, 2.45) is 23.7 Å². The molecule has 1 N–H and O–H groups in total. The molecule has 23 heavy (non-hydrogen) atoms. The molecule has 3 heteroatoms. The Morgan fingerprint density at radius 2 is 1.70 bits per heavy atom. The zero-order valence-electron chi connectivity index (χ0n) is 13.3. The predicted molar refractivity (Wildman–Crippen MR) is 88.9 cm³/mol. The summed E-state index contributed by atoms with van der Waals surface area (Å²) in [6, 6.07) is 8.25. The van der Waals surface area contributed by atoms with E-state index < -0.39 is 0 Å². The minimum absolute atomic E-state index is 0.0956. The molecule has 0 atom stereocenters. The average molecular weight is 309 g/mol. The number of para-hydroxylation sites is 1. The molecule has 4 aliphatic carbocycles. The van der Waals surface area contributed by atoms with E-state index in [1.807, 2.05) is 30.3 Å². The zero-order chi connectivity index (χ0) is 15.4. The Labute approximate surface area is 137 Å². The number of fused-ring (bicyclic) bond motifs is 1. The molecule has 6 rings (SSSR count). The van der Waals surface area contributed by atoms with E-state index in [1.165, 1.54) is 32.1 Å². The van der Waals surface area contributed by atoms with Crippen molar-refractivity contribution in [3.63, 3.8) is 0 Å². The molecular weight excluding hydrogens is 286 g/mol. The fraction of sp³-hybridized carbons (Fsp3) is 0.550. The first-order valence-electron chi connectivity index (χ1n) is 9.01. The molecule has 1 aromatic carbocycles. The summed E-state index contributed by atoms with van der Waals surface area (Å²) in [5.41, 5.74) is 1.72. The Bertz CT molecular complexity index is 650. The first-order chi connectivity index (χ1) is 11.3. The van der Waals surface area contributed by atoms with Crippen molar-refractivity contribution in [1.29, 1.82) is 0 Å². The molecule has 0 aromatic heterocycles. The molecule has 4 bridgehead atoms. The number of benzene rings is 1. The number of ether oxygens (including phenoxy) is 1. The van der Waals surface area contributed by atoms with Crippen LogP contribution in [0.4, 0.5) is 0 Å². The molecule has 1 amide bonds. The topological polar surface area (TPSA) is 38.3 Å². The van der Waals surface area contributed by atoms with Gasteiger partial charge < -0.3 is 10.1 Å². The third-order valence-corrected chi connectivity index (χ3v) is 6.47. The van der Waals surface area contributed by atoms with Crippen LogP contribution in [0.1, 0.15) is 37.7 Å². The number of hydrogen-bond acceptors (Lipinski definition) is 2. The van der Waals surface area contributed by atoms with Crippen LogP contribution in [-0.2, 0) is 4.79 Å². The van der Waals surface area contributed by atoms with Crippen LogP contribution in [0.2, 0.25) is 0 Å². The van der Waals surface area contributed by atoms with Crippen LogP contribution >= 0.6 is 0 Å². The standard InChI is InChI=1S/C20H23NO2/c22-20(17-5-6-23-18-4-2-1-3-16(17)18)21-19-14-8-12-7-13(10-14)11-15(19)9-12/h1-5,12-15,19H,6-11H2,(H,21,22). The van der Waals surface area contributed by atoms with Gasteiger partial charge in [-0.2, -0.15) is 0 Å². The summed E-state index contributed by atoms with van der Waals surface area (Å²) in [6.45, 7) is 0.488. The highest BCUT2D eigenvalue weighted by Crippen LogP contribution is 2.53. The van der Waals surface area contributed by atoms with Crippen LogP contribution in [0.25, 0.3) is 5.57 Å². The van der Waals surface area contributed by atoms with Crippen LogP contribution in [0.5, 0.6) is 5.75 Å². The van der Waals surface area contributed by atoms with Gasteiger partial charge in [0.1, 0.15) is 12.4 Å². The van der Waals surface area contributed by atoms with Gasteiger partial charge in [-0.25, -0.2) is 0 Å². The summed E-state index contributed by atoms with van der Waals surface area (Å²) in [4.78, 5) is 12.9. The van der Waals surface area contributed by atoms with Crippen molar-refractivity contribution in [3.8, 4) is 5.75 Å². The maximum absolute atomic E-state index is 12.9. The van der Waals surface area contributed by atoms with Crippen molar-refractivity contribution in [2.75, 3.05) is 6.61 Å². The van der Waals surface area contributed by atoms with Crippen LogP contribution in [0.3, 0.4) is 0 Å². The molecule has 120 valence electrons. The molecule has 0 unspecified atom stereocenters. The summed E-state index contributed by atoms with van der Waals surface area (Å²) in [6.07, 6.45) is 8.69. The SMILES string of the molecule is O=C(NC1C2CC3CC(C2)CC1C3)C1=CCOc2ccccc21. The lowest BCUT2D eigenvalue weighted by Gasteiger charge is -2.54. The largest absolute Gasteiger partial charge is 0.489 e. The number of rotatable bonds is 2. The Morgan fingerprint density at radius 3 is 2.43 bits per heavy atom. The number of carbonyl (C=O) groups excluding carboxylic acids is 1. The molecule has 3 nitrogen and oxygen atoms in total. The van der Waals surface area contributed by atoms with Crippen LogP contribution in [0, 0.1) is 23.7 Å². The van der Waals surface area contributed by atoms with Gasteiger partial charge in [0.2, 0.25) is 0 Å².